The number of nitrogens with one attached hydrogen (secondary N) is 3. The van der Waals surface area contributed by atoms with Crippen molar-refractivity contribution in [2.24, 2.45) is 11.8 Å². The van der Waals surface area contributed by atoms with Crippen molar-refractivity contribution in [1.82, 2.24) is 19.9 Å². The molecule has 0 radical (unpaired) electrons. The number of hydrogen-bond acceptors (Lipinski definition) is 8. The quantitative estimate of drug-likeness (QED) is 0.198. The molecule has 3 amide bonds. The molecule has 1 rings (SSSR count). The van der Waals surface area contributed by atoms with Crippen molar-refractivity contribution in [3.63, 3.8) is 0 Å². The van der Waals surface area contributed by atoms with Gasteiger partial charge in [0.1, 0.15) is 0 Å². The van der Waals surface area contributed by atoms with Crippen LogP contribution >= 0.6 is 11.8 Å². The van der Waals surface area contributed by atoms with Crippen LogP contribution < -0.4 is 15.0 Å². The Hall–Kier alpha value is -1.82. The fraction of sp³-hybridized carbons (Fsp3) is 0.808. The minimum atomic E-state index is -1.12. The third-order valence-electron chi connectivity index (χ3n) is 6.41. The molecule has 0 aromatic carbocycles. The third kappa shape index (κ3) is 11.7. The number of nitrogens with zero attached hydrogens (tertiary/aromatic N) is 1. The van der Waals surface area contributed by atoms with Gasteiger partial charge in [0.15, 0.2) is 0 Å². The first-order valence-electron chi connectivity index (χ1n) is 13.4. The Morgan fingerprint density at radius 1 is 1.10 bits per heavy atom. The van der Waals surface area contributed by atoms with Crippen LogP contribution in [0.4, 0.5) is 4.79 Å². The fourth-order valence-electron chi connectivity index (χ4n) is 3.94. The SMILES string of the molecule is CC[C@H](C)[C@H](NC(=O)[C@@H]1CCCN1C(=O)OC(C)(C)C)C(=O)[Se]N[C@@H](CCSC)C(=O)N[C@H](C(=O)O)C(C)C. The van der Waals surface area contributed by atoms with E-state index in [0.717, 1.165) is 0 Å². The van der Waals surface area contributed by atoms with Crippen molar-refractivity contribution in [3.05, 3.63) is 0 Å². The third-order valence-corrected chi connectivity index (χ3v) is 8.85. The van der Waals surface area contributed by atoms with E-state index in [1.54, 1.807) is 46.4 Å². The Morgan fingerprint density at radius 2 is 1.74 bits per heavy atom. The number of carbonyl (C=O) groups is 5. The maximum atomic E-state index is 13.4. The normalized spacial score (nSPS) is 18.7. The molecule has 1 saturated heterocycles. The van der Waals surface area contributed by atoms with Crippen LogP contribution in [0.5, 0.6) is 0 Å². The van der Waals surface area contributed by atoms with Gasteiger partial charge in [0.25, 0.3) is 0 Å². The molecule has 0 saturated carbocycles. The van der Waals surface area contributed by atoms with Crippen LogP contribution in [0.2, 0.25) is 0 Å². The second-order valence-corrected chi connectivity index (χ2v) is 13.9. The number of thioether (sulfide) groups is 1. The molecule has 5 atom stereocenters. The van der Waals surface area contributed by atoms with Gasteiger partial charge in [-0.1, -0.05) is 0 Å². The second-order valence-electron chi connectivity index (χ2n) is 11.1. The molecule has 0 spiro atoms. The topological polar surface area (TPSA) is 154 Å². The molecule has 11 nitrogen and oxygen atoms in total. The van der Waals surface area contributed by atoms with Gasteiger partial charge in [-0.05, 0) is 0 Å². The number of carboxylic acid groups (broad SMARTS) is 1. The Labute approximate surface area is 243 Å². The molecule has 0 unspecified atom stereocenters. The van der Waals surface area contributed by atoms with Gasteiger partial charge in [-0.3, -0.25) is 0 Å². The van der Waals surface area contributed by atoms with Crippen molar-refractivity contribution < 1.29 is 33.8 Å². The summed E-state index contributed by atoms with van der Waals surface area (Å²) in [6.07, 6.45) is 3.54. The van der Waals surface area contributed by atoms with Gasteiger partial charge in [-0.2, -0.15) is 0 Å². The van der Waals surface area contributed by atoms with E-state index in [1.807, 2.05) is 20.1 Å². The molecule has 4 N–H and O–H groups in total. The number of carbonyl (C=O) groups excluding carboxylic acids is 4. The van der Waals surface area contributed by atoms with Crippen LogP contribution in [0.1, 0.15) is 74.1 Å². The molecule has 1 heterocycles. The molecule has 0 aromatic heterocycles. The van der Waals surface area contributed by atoms with Crippen LogP contribution in [0, 0.1) is 11.8 Å². The Bertz CT molecular complexity index is 868. The number of likely N-dealkylation sites (tertiary alicyclic amines) is 1. The molecule has 1 aliphatic heterocycles. The van der Waals surface area contributed by atoms with Gasteiger partial charge in [0, 0.05) is 0 Å². The summed E-state index contributed by atoms with van der Waals surface area (Å²) < 4.78 is 8.28. The van der Waals surface area contributed by atoms with Crippen molar-refractivity contribution in [1.29, 1.82) is 0 Å². The maximum absolute atomic E-state index is 13.4. The molecule has 13 heteroatoms. The first-order valence-corrected chi connectivity index (χ1v) is 16.5. The fourth-order valence-corrected chi connectivity index (χ4v) is 6.30. The predicted octanol–water partition coefficient (Wildman–Crippen LogP) is 2.00. The van der Waals surface area contributed by atoms with Crippen LogP contribution in [0.25, 0.3) is 0 Å². The van der Waals surface area contributed by atoms with E-state index in [9.17, 15) is 29.1 Å². The van der Waals surface area contributed by atoms with E-state index in [-0.39, 0.29) is 16.5 Å². The number of aliphatic carboxylic acids is 1. The summed E-state index contributed by atoms with van der Waals surface area (Å²) in [5, 5.41) is 14.9. The van der Waals surface area contributed by atoms with Gasteiger partial charge in [-0.25, -0.2) is 0 Å². The zero-order valence-electron chi connectivity index (χ0n) is 24.4. The molecule has 0 aliphatic carbocycles. The summed E-state index contributed by atoms with van der Waals surface area (Å²) >= 11 is 0.680. The Kier molecular flexibility index (Phi) is 14.8. The summed E-state index contributed by atoms with van der Waals surface area (Å²) in [7, 11) is 0. The van der Waals surface area contributed by atoms with Crippen LogP contribution in [-0.4, -0.2) is 102 Å². The van der Waals surface area contributed by atoms with E-state index in [4.69, 9.17) is 4.74 Å². The summed E-state index contributed by atoms with van der Waals surface area (Å²) in [4.78, 5) is 65.1. The van der Waals surface area contributed by atoms with E-state index in [0.29, 0.717) is 38.0 Å². The monoisotopic (exact) mass is 638 g/mol. The minimum absolute atomic E-state index is 0.169. The van der Waals surface area contributed by atoms with Gasteiger partial charge < -0.3 is 0 Å². The zero-order chi connectivity index (χ0) is 29.9. The van der Waals surface area contributed by atoms with Gasteiger partial charge in [0.05, 0.1) is 0 Å². The second kappa shape index (κ2) is 16.4. The number of carboxylic acids is 1. The predicted molar refractivity (Wildman–Crippen MR) is 152 cm³/mol. The first-order chi connectivity index (χ1) is 18.1. The van der Waals surface area contributed by atoms with Crippen LogP contribution in [0.15, 0.2) is 0 Å². The average molecular weight is 638 g/mol. The number of amides is 3. The molecule has 1 fully saturated rings. The van der Waals surface area contributed by atoms with Gasteiger partial charge in [-0.15, -0.1) is 0 Å². The Balaban J connectivity index is 2.95. The molecule has 39 heavy (non-hydrogen) atoms. The van der Waals surface area contributed by atoms with E-state index >= 15 is 0 Å². The van der Waals surface area contributed by atoms with E-state index < -0.39 is 68.8 Å². The number of hydrogen-bond donors (Lipinski definition) is 4. The van der Waals surface area contributed by atoms with Gasteiger partial charge in [0.2, 0.25) is 0 Å². The van der Waals surface area contributed by atoms with Crippen LogP contribution in [-0.2, 0) is 23.9 Å². The number of rotatable bonds is 15. The van der Waals surface area contributed by atoms with Crippen LogP contribution in [0.3, 0.4) is 0 Å². The average Bonchev–Trinajstić information content (AvgIpc) is 3.34. The molecule has 224 valence electrons. The zero-order valence-corrected chi connectivity index (χ0v) is 26.9. The molecule has 1 aliphatic rings. The molecule has 0 bridgehead atoms. The molecule has 0 aromatic rings. The van der Waals surface area contributed by atoms with Crippen molar-refractivity contribution in [3.8, 4) is 0 Å². The summed E-state index contributed by atoms with van der Waals surface area (Å²) in [6.45, 7) is 12.9. The van der Waals surface area contributed by atoms with E-state index in [1.165, 1.54) is 4.90 Å². The van der Waals surface area contributed by atoms with E-state index in [2.05, 4.69) is 15.0 Å². The Morgan fingerprint density at radius 3 is 2.26 bits per heavy atom. The summed E-state index contributed by atoms with van der Waals surface area (Å²) in [6, 6.07) is -3.29. The molecular formula is C26H46N4O7SSe. The van der Waals surface area contributed by atoms with Gasteiger partial charge >= 0.3 is 243 Å². The first kappa shape index (κ1) is 35.2. The number of ether oxygens (including phenoxy) is 1. The standard InChI is InChI=1S/C26H46N4O7SSe/c1-9-16(4)20(28-22(32)18-11-10-13-30(18)25(36)37-26(5,6)7)24(35)39-29-17(12-14-38-8)21(31)27-19(15(2)3)23(33)34/h15-20,29H,9-14H2,1-8H3,(H,27,31)(H,28,32)(H,33,34)/t16-,17-,18-,19-,20-/m0/s1. The summed E-state index contributed by atoms with van der Waals surface area (Å²) in [5.74, 6) is -1.82. The van der Waals surface area contributed by atoms with Crippen molar-refractivity contribution in [2.45, 2.75) is 104 Å². The van der Waals surface area contributed by atoms with Crippen molar-refractivity contribution in [2.75, 3.05) is 18.6 Å². The van der Waals surface area contributed by atoms with Crippen molar-refractivity contribution >= 4 is 55.5 Å². The summed E-state index contributed by atoms with van der Waals surface area (Å²) in [5.41, 5.74) is -0.692. The molecular weight excluding hydrogens is 591 g/mol.